The number of phenolic OH excluding ortho intramolecular Hbond substituents is 1. The van der Waals surface area contributed by atoms with Crippen LogP contribution in [0.5, 0.6) is 5.75 Å². The molecule has 1 fully saturated rings. The van der Waals surface area contributed by atoms with E-state index in [2.05, 4.69) is 17.1 Å². The molecule has 1 saturated heterocycles. The van der Waals surface area contributed by atoms with Crippen LogP contribution in [-0.2, 0) is 6.54 Å². The molecule has 1 aliphatic heterocycles. The van der Waals surface area contributed by atoms with Gasteiger partial charge in [0.05, 0.1) is 0 Å². The van der Waals surface area contributed by atoms with Gasteiger partial charge in [0.2, 0.25) is 0 Å². The van der Waals surface area contributed by atoms with Crippen LogP contribution in [0.4, 0.5) is 0 Å². The van der Waals surface area contributed by atoms with Crippen molar-refractivity contribution in [2.24, 2.45) is 0 Å². The first-order valence-electron chi connectivity index (χ1n) is 7.02. The highest BCUT2D eigenvalue weighted by Gasteiger charge is 2.20. The number of phenols is 1. The van der Waals surface area contributed by atoms with E-state index < -0.39 is 0 Å². The number of nitrogens with zero attached hydrogens (tertiary/aromatic N) is 1. The molecule has 2 N–H and O–H groups in total. The van der Waals surface area contributed by atoms with Crippen LogP contribution < -0.4 is 5.32 Å². The third-order valence-corrected chi connectivity index (χ3v) is 3.62. The molecule has 2 rings (SSSR count). The molecule has 0 amide bonds. The summed E-state index contributed by atoms with van der Waals surface area (Å²) in [6.45, 7) is 6.64. The molecule has 0 saturated carbocycles. The summed E-state index contributed by atoms with van der Waals surface area (Å²) in [5, 5.41) is 12.8. The molecule has 1 heterocycles. The smallest absolute Gasteiger partial charge is 0.115 e. The lowest BCUT2D eigenvalue weighted by Crippen LogP contribution is -2.45. The van der Waals surface area contributed by atoms with E-state index in [4.69, 9.17) is 0 Å². The van der Waals surface area contributed by atoms with Gasteiger partial charge < -0.3 is 10.4 Å². The minimum atomic E-state index is 0.347. The molecule has 1 aliphatic rings. The van der Waals surface area contributed by atoms with Gasteiger partial charge >= 0.3 is 0 Å². The number of benzene rings is 1. The second-order valence-electron chi connectivity index (χ2n) is 5.14. The summed E-state index contributed by atoms with van der Waals surface area (Å²) < 4.78 is 0. The zero-order valence-corrected chi connectivity index (χ0v) is 11.2. The first kappa shape index (κ1) is 13.4. The molecule has 0 aliphatic carbocycles. The second-order valence-corrected chi connectivity index (χ2v) is 5.14. The highest BCUT2D eigenvalue weighted by atomic mass is 16.3. The van der Waals surface area contributed by atoms with E-state index >= 15 is 0 Å². The Morgan fingerprint density at radius 1 is 1.33 bits per heavy atom. The maximum atomic E-state index is 9.32. The van der Waals surface area contributed by atoms with Crippen molar-refractivity contribution >= 4 is 0 Å². The van der Waals surface area contributed by atoms with Gasteiger partial charge in [0.15, 0.2) is 0 Å². The monoisotopic (exact) mass is 248 g/mol. The van der Waals surface area contributed by atoms with Crippen molar-refractivity contribution in [1.29, 1.82) is 0 Å². The largest absolute Gasteiger partial charge is 0.508 e. The lowest BCUT2D eigenvalue weighted by Gasteiger charge is -2.34. The van der Waals surface area contributed by atoms with Gasteiger partial charge in [-0.05, 0) is 50.0 Å². The fourth-order valence-corrected chi connectivity index (χ4v) is 2.66. The van der Waals surface area contributed by atoms with E-state index in [-0.39, 0.29) is 0 Å². The van der Waals surface area contributed by atoms with Gasteiger partial charge in [-0.2, -0.15) is 0 Å². The molecule has 3 heteroatoms. The van der Waals surface area contributed by atoms with E-state index in [9.17, 15) is 5.11 Å². The molecular weight excluding hydrogens is 224 g/mol. The molecule has 1 atom stereocenters. The van der Waals surface area contributed by atoms with Crippen LogP contribution >= 0.6 is 0 Å². The average Bonchev–Trinajstić information content (AvgIpc) is 2.42. The molecule has 18 heavy (non-hydrogen) atoms. The fraction of sp³-hybridized carbons (Fsp3) is 0.600. The topological polar surface area (TPSA) is 35.5 Å². The molecule has 1 unspecified atom stereocenters. The van der Waals surface area contributed by atoms with Crippen LogP contribution in [0.2, 0.25) is 0 Å². The molecule has 1 aromatic carbocycles. The third kappa shape index (κ3) is 3.72. The third-order valence-electron chi connectivity index (χ3n) is 3.62. The summed E-state index contributed by atoms with van der Waals surface area (Å²) in [6.07, 6.45) is 3.76. The quantitative estimate of drug-likeness (QED) is 0.839. The lowest BCUT2D eigenvalue weighted by atomic mass is 10.0. The molecule has 3 nitrogen and oxygen atoms in total. The molecule has 1 aromatic rings. The average molecular weight is 248 g/mol. The van der Waals surface area contributed by atoms with Crippen molar-refractivity contribution in [2.75, 3.05) is 19.6 Å². The molecular formula is C15H24N2O. The Labute approximate surface area is 110 Å². The van der Waals surface area contributed by atoms with E-state index in [0.29, 0.717) is 11.8 Å². The van der Waals surface area contributed by atoms with Crippen molar-refractivity contribution in [3.8, 4) is 5.75 Å². The highest BCUT2D eigenvalue weighted by Crippen LogP contribution is 2.16. The Hall–Kier alpha value is -1.06. The zero-order valence-electron chi connectivity index (χ0n) is 11.2. The van der Waals surface area contributed by atoms with Crippen LogP contribution in [0.3, 0.4) is 0 Å². The van der Waals surface area contributed by atoms with E-state index in [1.54, 1.807) is 12.1 Å². The van der Waals surface area contributed by atoms with Crippen LogP contribution in [-0.4, -0.2) is 35.7 Å². The van der Waals surface area contributed by atoms with Gasteiger partial charge in [-0.15, -0.1) is 0 Å². The van der Waals surface area contributed by atoms with Gasteiger partial charge in [0.1, 0.15) is 5.75 Å². The summed E-state index contributed by atoms with van der Waals surface area (Å²) in [4.78, 5) is 2.57. The van der Waals surface area contributed by atoms with Crippen molar-refractivity contribution in [1.82, 2.24) is 10.2 Å². The number of hydrogen-bond acceptors (Lipinski definition) is 3. The molecule has 0 bridgehead atoms. The fourth-order valence-electron chi connectivity index (χ4n) is 2.66. The molecule has 0 aromatic heterocycles. The summed E-state index contributed by atoms with van der Waals surface area (Å²) in [5.41, 5.74) is 1.28. The zero-order chi connectivity index (χ0) is 12.8. The minimum Gasteiger partial charge on any atom is -0.508 e. The summed E-state index contributed by atoms with van der Waals surface area (Å²) in [7, 11) is 0. The van der Waals surface area contributed by atoms with Crippen LogP contribution in [0.25, 0.3) is 0 Å². The first-order chi connectivity index (χ1) is 8.79. The van der Waals surface area contributed by atoms with E-state index in [1.165, 1.54) is 24.8 Å². The van der Waals surface area contributed by atoms with Crippen LogP contribution in [0.1, 0.15) is 31.7 Å². The van der Waals surface area contributed by atoms with Gasteiger partial charge in [0.25, 0.3) is 0 Å². The van der Waals surface area contributed by atoms with Crippen LogP contribution in [0, 0.1) is 0 Å². The molecule has 0 radical (unpaired) electrons. The second kappa shape index (κ2) is 6.76. The van der Waals surface area contributed by atoms with E-state index in [0.717, 1.165) is 26.2 Å². The summed E-state index contributed by atoms with van der Waals surface area (Å²) in [5.74, 6) is 0.347. The molecule has 100 valence electrons. The Kier molecular flexibility index (Phi) is 5.02. The van der Waals surface area contributed by atoms with Crippen molar-refractivity contribution < 1.29 is 5.11 Å². The predicted molar refractivity (Wildman–Crippen MR) is 74.7 cm³/mol. The van der Waals surface area contributed by atoms with Gasteiger partial charge in [-0.3, -0.25) is 4.90 Å². The maximum Gasteiger partial charge on any atom is 0.115 e. The van der Waals surface area contributed by atoms with Crippen molar-refractivity contribution in [3.63, 3.8) is 0 Å². The Morgan fingerprint density at radius 2 is 2.11 bits per heavy atom. The standard InChI is InChI=1S/C15H24N2O/c1-2-10-17(14-4-3-9-16-11-14)12-13-5-7-15(18)8-6-13/h5-8,14,16,18H,2-4,9-12H2,1H3. The van der Waals surface area contributed by atoms with Crippen LogP contribution in [0.15, 0.2) is 24.3 Å². The Morgan fingerprint density at radius 3 is 2.72 bits per heavy atom. The van der Waals surface area contributed by atoms with Gasteiger partial charge in [0, 0.05) is 19.1 Å². The molecule has 0 spiro atoms. The SMILES string of the molecule is CCCN(Cc1ccc(O)cc1)C1CCCNC1. The number of nitrogens with one attached hydrogen (secondary N) is 1. The Balaban J connectivity index is 1.98. The lowest BCUT2D eigenvalue weighted by molar-refractivity contribution is 0.158. The number of hydrogen-bond donors (Lipinski definition) is 2. The first-order valence-corrected chi connectivity index (χ1v) is 7.02. The van der Waals surface area contributed by atoms with Crippen molar-refractivity contribution in [2.45, 2.75) is 38.8 Å². The number of aromatic hydroxyl groups is 1. The van der Waals surface area contributed by atoms with Crippen molar-refractivity contribution in [3.05, 3.63) is 29.8 Å². The maximum absolute atomic E-state index is 9.32. The summed E-state index contributed by atoms with van der Waals surface area (Å²) >= 11 is 0. The predicted octanol–water partition coefficient (Wildman–Crippen LogP) is 2.36. The van der Waals surface area contributed by atoms with Gasteiger partial charge in [-0.1, -0.05) is 19.1 Å². The van der Waals surface area contributed by atoms with E-state index in [1.807, 2.05) is 12.1 Å². The normalized spacial score (nSPS) is 20.2. The van der Waals surface area contributed by atoms with Gasteiger partial charge in [-0.25, -0.2) is 0 Å². The highest BCUT2D eigenvalue weighted by molar-refractivity contribution is 5.25. The number of piperidine rings is 1. The number of rotatable bonds is 5. The summed E-state index contributed by atoms with van der Waals surface area (Å²) in [6, 6.07) is 8.26. The Bertz CT molecular complexity index is 344. The minimum absolute atomic E-state index is 0.347.